The highest BCUT2D eigenvalue weighted by Crippen LogP contribution is 2.14. The summed E-state index contributed by atoms with van der Waals surface area (Å²) in [5.74, 6) is 0. The fraction of sp³-hybridized carbons (Fsp3) is 0.933. The maximum atomic E-state index is 2.45. The van der Waals surface area contributed by atoms with Gasteiger partial charge in [-0.2, -0.15) is 0 Å². The molecule has 0 aliphatic rings. The highest BCUT2D eigenvalue weighted by Gasteiger charge is 1.94. The number of unbranched alkanes of at least 4 members (excludes halogenated alkanes) is 24. The van der Waals surface area contributed by atoms with E-state index in [9.17, 15) is 0 Å². The van der Waals surface area contributed by atoms with E-state index in [1.165, 1.54) is 167 Å². The van der Waals surface area contributed by atoms with Crippen LogP contribution < -0.4 is 0 Å². The summed E-state index contributed by atoms with van der Waals surface area (Å²) < 4.78 is 0. The zero-order chi connectivity index (χ0) is 21.8. The van der Waals surface area contributed by atoms with Crippen LogP contribution in [0.5, 0.6) is 0 Å². The van der Waals surface area contributed by atoms with E-state index in [4.69, 9.17) is 0 Å². The van der Waals surface area contributed by atoms with Crippen LogP contribution in [0.1, 0.15) is 181 Å². The first-order valence-electron chi connectivity index (χ1n) is 14.6. The van der Waals surface area contributed by atoms with E-state index in [0.29, 0.717) is 0 Å². The Bertz CT molecular complexity index is 303. The zero-order valence-electron chi connectivity index (χ0n) is 21.5. The summed E-state index contributed by atoms with van der Waals surface area (Å²) in [6.45, 7) is 4.60. The lowest BCUT2D eigenvalue weighted by molar-refractivity contribution is 0.533. The van der Waals surface area contributed by atoms with Crippen LogP contribution in [0.4, 0.5) is 0 Å². The SMILES string of the molecule is CCCCCCCCCCCC=CCCCCCCCCCCCCCCCCC. The third-order valence-electron chi connectivity index (χ3n) is 6.62. The maximum absolute atomic E-state index is 2.45. The maximum Gasteiger partial charge on any atom is -0.0351 e. The van der Waals surface area contributed by atoms with Crippen molar-refractivity contribution in [3.05, 3.63) is 12.2 Å². The summed E-state index contributed by atoms with van der Waals surface area (Å²) in [5, 5.41) is 0. The van der Waals surface area contributed by atoms with E-state index in [-0.39, 0.29) is 0 Å². The lowest BCUT2D eigenvalue weighted by Gasteiger charge is -2.03. The predicted octanol–water partition coefficient (Wildman–Crippen LogP) is 11.7. The quantitative estimate of drug-likeness (QED) is 0.0963. The minimum absolute atomic E-state index is 1.31. The molecule has 0 amide bonds. The van der Waals surface area contributed by atoms with Gasteiger partial charge in [-0.05, 0) is 25.7 Å². The van der Waals surface area contributed by atoms with Crippen LogP contribution in [0, 0.1) is 0 Å². The van der Waals surface area contributed by atoms with Gasteiger partial charge in [0.1, 0.15) is 0 Å². The molecule has 0 radical (unpaired) electrons. The molecule has 0 fully saturated rings. The molecule has 180 valence electrons. The minimum Gasteiger partial charge on any atom is -0.0885 e. The summed E-state index contributed by atoms with van der Waals surface area (Å²) in [6, 6.07) is 0. The number of rotatable bonds is 26. The van der Waals surface area contributed by atoms with E-state index in [0.717, 1.165) is 0 Å². The Balaban J connectivity index is 3.05. The zero-order valence-corrected chi connectivity index (χ0v) is 21.5. The van der Waals surface area contributed by atoms with Gasteiger partial charge in [-0.3, -0.25) is 0 Å². The number of hydrogen-bond donors (Lipinski definition) is 0. The molecule has 0 saturated carbocycles. The summed E-state index contributed by atoms with van der Waals surface area (Å²) in [7, 11) is 0. The molecule has 0 nitrogen and oxygen atoms in total. The number of hydrogen-bond acceptors (Lipinski definition) is 0. The largest absolute Gasteiger partial charge is 0.0885 e. The normalized spacial score (nSPS) is 11.7. The minimum atomic E-state index is 1.31. The van der Waals surface area contributed by atoms with Crippen LogP contribution >= 0.6 is 0 Å². The van der Waals surface area contributed by atoms with Gasteiger partial charge in [-0.25, -0.2) is 0 Å². The summed E-state index contributed by atoms with van der Waals surface area (Å²) in [4.78, 5) is 0. The van der Waals surface area contributed by atoms with Crippen LogP contribution in [-0.4, -0.2) is 0 Å². The molecule has 0 aromatic heterocycles. The molecule has 30 heavy (non-hydrogen) atoms. The first-order chi connectivity index (χ1) is 14.9. The summed E-state index contributed by atoms with van der Waals surface area (Å²) in [5.41, 5.74) is 0. The van der Waals surface area contributed by atoms with E-state index in [1.54, 1.807) is 0 Å². The smallest absolute Gasteiger partial charge is 0.0351 e. The van der Waals surface area contributed by atoms with Gasteiger partial charge in [-0.1, -0.05) is 167 Å². The second kappa shape index (κ2) is 28.7. The van der Waals surface area contributed by atoms with Crippen molar-refractivity contribution in [3.8, 4) is 0 Å². The molecule has 0 saturated heterocycles. The van der Waals surface area contributed by atoms with E-state index in [2.05, 4.69) is 26.0 Å². The molecule has 0 N–H and O–H groups in total. The molecule has 0 bridgehead atoms. The van der Waals surface area contributed by atoms with Crippen molar-refractivity contribution < 1.29 is 0 Å². The van der Waals surface area contributed by atoms with Gasteiger partial charge < -0.3 is 0 Å². The molecule has 0 heteroatoms. The lowest BCUT2D eigenvalue weighted by atomic mass is 10.0. The van der Waals surface area contributed by atoms with Crippen LogP contribution in [0.2, 0.25) is 0 Å². The average molecular weight is 421 g/mol. The molecule has 0 heterocycles. The van der Waals surface area contributed by atoms with E-state index < -0.39 is 0 Å². The van der Waals surface area contributed by atoms with Gasteiger partial charge in [-0.15, -0.1) is 0 Å². The summed E-state index contributed by atoms with van der Waals surface area (Å²) in [6.07, 6.45) is 42.4. The van der Waals surface area contributed by atoms with Crippen LogP contribution in [0.25, 0.3) is 0 Å². The molecule has 0 aromatic rings. The molecule has 0 aliphatic carbocycles. The Morgan fingerprint density at radius 1 is 0.267 bits per heavy atom. The standard InChI is InChI=1S/C30H60/c1-3-5-7-9-11-13-15-17-19-21-23-25-27-29-30-28-26-24-22-20-18-16-14-12-10-8-6-4-2/h23,25H,3-22,24,26-30H2,1-2H3. The van der Waals surface area contributed by atoms with Gasteiger partial charge in [0, 0.05) is 0 Å². The van der Waals surface area contributed by atoms with Gasteiger partial charge in [0.25, 0.3) is 0 Å². The second-order valence-electron chi connectivity index (χ2n) is 9.83. The monoisotopic (exact) mass is 420 g/mol. The molecule has 0 aromatic carbocycles. The van der Waals surface area contributed by atoms with Crippen molar-refractivity contribution >= 4 is 0 Å². The Labute approximate surface area is 193 Å². The number of allylic oxidation sites excluding steroid dienone is 2. The molecule has 0 spiro atoms. The highest BCUT2D eigenvalue weighted by atomic mass is 14.0. The summed E-state index contributed by atoms with van der Waals surface area (Å²) >= 11 is 0. The van der Waals surface area contributed by atoms with Crippen molar-refractivity contribution in [1.82, 2.24) is 0 Å². The third-order valence-corrected chi connectivity index (χ3v) is 6.62. The molecular formula is C30H60. The molecule has 0 aliphatic heterocycles. The van der Waals surface area contributed by atoms with Gasteiger partial charge in [0.15, 0.2) is 0 Å². The van der Waals surface area contributed by atoms with Gasteiger partial charge in [0.05, 0.1) is 0 Å². The Kier molecular flexibility index (Phi) is 28.5. The first-order valence-corrected chi connectivity index (χ1v) is 14.6. The van der Waals surface area contributed by atoms with Crippen LogP contribution in [0.3, 0.4) is 0 Å². The lowest BCUT2D eigenvalue weighted by Crippen LogP contribution is -1.83. The van der Waals surface area contributed by atoms with Crippen LogP contribution in [-0.2, 0) is 0 Å². The molecule has 0 atom stereocenters. The third kappa shape index (κ3) is 27.7. The Morgan fingerprint density at radius 2 is 0.467 bits per heavy atom. The fourth-order valence-corrected chi connectivity index (χ4v) is 4.44. The Morgan fingerprint density at radius 3 is 0.700 bits per heavy atom. The van der Waals surface area contributed by atoms with Gasteiger partial charge in [0.2, 0.25) is 0 Å². The highest BCUT2D eigenvalue weighted by molar-refractivity contribution is 4.81. The van der Waals surface area contributed by atoms with Crippen LogP contribution in [0.15, 0.2) is 12.2 Å². The molecule has 0 unspecified atom stereocenters. The van der Waals surface area contributed by atoms with Gasteiger partial charge >= 0.3 is 0 Å². The fourth-order valence-electron chi connectivity index (χ4n) is 4.44. The second-order valence-corrected chi connectivity index (χ2v) is 9.83. The van der Waals surface area contributed by atoms with Crippen molar-refractivity contribution in [2.75, 3.05) is 0 Å². The van der Waals surface area contributed by atoms with E-state index in [1.807, 2.05) is 0 Å². The first kappa shape index (κ1) is 29.7. The van der Waals surface area contributed by atoms with Crippen molar-refractivity contribution in [1.29, 1.82) is 0 Å². The molecule has 0 rings (SSSR count). The average Bonchev–Trinajstić information content (AvgIpc) is 2.76. The van der Waals surface area contributed by atoms with E-state index >= 15 is 0 Å². The van der Waals surface area contributed by atoms with Crippen molar-refractivity contribution in [2.24, 2.45) is 0 Å². The van der Waals surface area contributed by atoms with Crippen molar-refractivity contribution in [3.63, 3.8) is 0 Å². The molecular weight excluding hydrogens is 360 g/mol. The predicted molar refractivity (Wildman–Crippen MR) is 141 cm³/mol. The van der Waals surface area contributed by atoms with Crippen molar-refractivity contribution in [2.45, 2.75) is 181 Å². The topological polar surface area (TPSA) is 0 Å². The Hall–Kier alpha value is -0.260.